The van der Waals surface area contributed by atoms with Gasteiger partial charge in [0.1, 0.15) is 23.4 Å². The maximum absolute atomic E-state index is 13.3. The average molecular weight is 385 g/mol. The summed E-state index contributed by atoms with van der Waals surface area (Å²) in [6.07, 6.45) is 0.560. The lowest BCUT2D eigenvalue weighted by Crippen LogP contribution is -2.29. The molecule has 1 aromatic heterocycles. The van der Waals surface area contributed by atoms with Gasteiger partial charge in [-0.2, -0.15) is 5.10 Å². The van der Waals surface area contributed by atoms with Crippen LogP contribution >= 0.6 is 0 Å². The zero-order valence-corrected chi connectivity index (χ0v) is 15.4. The van der Waals surface area contributed by atoms with Crippen LogP contribution in [0.3, 0.4) is 0 Å². The van der Waals surface area contributed by atoms with Crippen LogP contribution in [0.4, 0.5) is 4.39 Å². The Bertz CT molecular complexity index is 974. The molecule has 0 aliphatic heterocycles. The van der Waals surface area contributed by atoms with Crippen LogP contribution < -0.4 is 14.8 Å². The molecule has 1 unspecified atom stereocenters. The Balaban J connectivity index is 1.68. The number of amides is 1. The molecule has 7 nitrogen and oxygen atoms in total. The van der Waals surface area contributed by atoms with Gasteiger partial charge in [-0.3, -0.25) is 4.79 Å². The number of benzene rings is 2. The van der Waals surface area contributed by atoms with E-state index in [1.165, 1.54) is 37.1 Å². The van der Waals surface area contributed by atoms with Gasteiger partial charge in [-0.05, 0) is 42.5 Å². The minimum atomic E-state index is -1.00. The first kappa shape index (κ1) is 19.4. The lowest BCUT2D eigenvalue weighted by molar-refractivity contribution is 0.0909. The van der Waals surface area contributed by atoms with Gasteiger partial charge in [-0.25, -0.2) is 9.07 Å². The van der Waals surface area contributed by atoms with Crippen LogP contribution in [0.15, 0.2) is 54.7 Å². The van der Waals surface area contributed by atoms with E-state index >= 15 is 0 Å². The molecule has 1 heterocycles. The molecule has 0 radical (unpaired) electrons. The number of aliphatic hydroxyl groups excluding tert-OH is 1. The zero-order chi connectivity index (χ0) is 20.1. The van der Waals surface area contributed by atoms with Crippen molar-refractivity contribution in [1.29, 1.82) is 0 Å². The summed E-state index contributed by atoms with van der Waals surface area (Å²) in [5, 5.41) is 17.2. The summed E-state index contributed by atoms with van der Waals surface area (Å²) in [4.78, 5) is 12.3. The van der Waals surface area contributed by atoms with Crippen molar-refractivity contribution in [3.63, 3.8) is 0 Å². The molecule has 0 fully saturated rings. The van der Waals surface area contributed by atoms with E-state index in [0.29, 0.717) is 22.7 Å². The number of hydrogen-bond acceptors (Lipinski definition) is 5. The molecular formula is C20H20FN3O4. The summed E-state index contributed by atoms with van der Waals surface area (Å²) >= 11 is 0. The first-order chi connectivity index (χ1) is 13.5. The SMILES string of the molecule is COc1ccc(OC)c(C(O)CNC(=O)c2ccn(-c3cccc(F)c3)n2)c1. The quantitative estimate of drug-likeness (QED) is 0.653. The monoisotopic (exact) mass is 385 g/mol. The Kier molecular flexibility index (Phi) is 5.90. The van der Waals surface area contributed by atoms with Crippen LogP contribution in [-0.4, -0.2) is 41.6 Å². The molecule has 0 bridgehead atoms. The Morgan fingerprint density at radius 3 is 2.75 bits per heavy atom. The van der Waals surface area contributed by atoms with Gasteiger partial charge >= 0.3 is 0 Å². The fourth-order valence-electron chi connectivity index (χ4n) is 2.70. The molecule has 3 aromatic rings. The largest absolute Gasteiger partial charge is 0.497 e. The minimum Gasteiger partial charge on any atom is -0.497 e. The van der Waals surface area contributed by atoms with Gasteiger partial charge in [0.25, 0.3) is 5.91 Å². The third-order valence-corrected chi connectivity index (χ3v) is 4.15. The summed E-state index contributed by atoms with van der Waals surface area (Å²) in [7, 11) is 3.02. The predicted octanol–water partition coefficient (Wildman–Crippen LogP) is 2.49. The van der Waals surface area contributed by atoms with Gasteiger partial charge < -0.3 is 19.9 Å². The Morgan fingerprint density at radius 2 is 2.04 bits per heavy atom. The van der Waals surface area contributed by atoms with Crippen molar-refractivity contribution in [1.82, 2.24) is 15.1 Å². The fraction of sp³-hybridized carbons (Fsp3) is 0.200. The minimum absolute atomic E-state index is 0.0464. The lowest BCUT2D eigenvalue weighted by atomic mass is 10.1. The molecular weight excluding hydrogens is 365 g/mol. The number of carbonyl (C=O) groups excluding carboxylic acids is 1. The van der Waals surface area contributed by atoms with Crippen molar-refractivity contribution in [2.45, 2.75) is 6.10 Å². The predicted molar refractivity (Wildman–Crippen MR) is 100 cm³/mol. The van der Waals surface area contributed by atoms with Gasteiger partial charge in [0.15, 0.2) is 5.69 Å². The molecule has 0 aliphatic rings. The topological polar surface area (TPSA) is 85.6 Å². The highest BCUT2D eigenvalue weighted by Gasteiger charge is 2.17. The highest BCUT2D eigenvalue weighted by atomic mass is 19.1. The molecule has 146 valence electrons. The molecule has 8 heteroatoms. The number of methoxy groups -OCH3 is 2. The third kappa shape index (κ3) is 4.29. The number of carbonyl (C=O) groups is 1. The van der Waals surface area contributed by atoms with Crippen LogP contribution in [0, 0.1) is 5.82 Å². The number of nitrogens with zero attached hydrogens (tertiary/aromatic N) is 2. The fourth-order valence-corrected chi connectivity index (χ4v) is 2.70. The number of ether oxygens (including phenoxy) is 2. The number of aromatic nitrogens is 2. The summed E-state index contributed by atoms with van der Waals surface area (Å²) in [5.41, 5.74) is 1.14. The molecule has 0 saturated heterocycles. The number of halogens is 1. The van der Waals surface area contributed by atoms with Crippen LogP contribution in [0.25, 0.3) is 5.69 Å². The summed E-state index contributed by atoms with van der Waals surface area (Å²) < 4.78 is 25.1. The van der Waals surface area contributed by atoms with Crippen LogP contribution in [0.2, 0.25) is 0 Å². The Morgan fingerprint density at radius 1 is 1.21 bits per heavy atom. The number of rotatable bonds is 7. The normalized spacial score (nSPS) is 11.7. The molecule has 1 amide bonds. The van der Waals surface area contributed by atoms with Gasteiger partial charge in [-0.15, -0.1) is 0 Å². The van der Waals surface area contributed by atoms with Crippen molar-refractivity contribution in [2.24, 2.45) is 0 Å². The Labute approximate surface area is 161 Å². The standard InChI is InChI=1S/C20H20FN3O4/c1-27-15-6-7-19(28-2)16(11-15)18(25)12-22-20(26)17-8-9-24(23-17)14-5-3-4-13(21)10-14/h3-11,18,25H,12H2,1-2H3,(H,22,26). The van der Waals surface area contributed by atoms with Crippen molar-refractivity contribution in [3.8, 4) is 17.2 Å². The maximum Gasteiger partial charge on any atom is 0.271 e. The van der Waals surface area contributed by atoms with E-state index in [1.54, 1.807) is 36.5 Å². The van der Waals surface area contributed by atoms with E-state index < -0.39 is 17.8 Å². The van der Waals surface area contributed by atoms with Gasteiger partial charge in [-0.1, -0.05) is 6.07 Å². The van der Waals surface area contributed by atoms with Crippen molar-refractivity contribution >= 4 is 5.91 Å². The van der Waals surface area contributed by atoms with Crippen molar-refractivity contribution < 1.29 is 23.8 Å². The lowest BCUT2D eigenvalue weighted by Gasteiger charge is -2.16. The smallest absolute Gasteiger partial charge is 0.271 e. The highest BCUT2D eigenvalue weighted by Crippen LogP contribution is 2.29. The number of nitrogens with one attached hydrogen (secondary N) is 1. The van der Waals surface area contributed by atoms with Crippen LogP contribution in [0.5, 0.6) is 11.5 Å². The third-order valence-electron chi connectivity index (χ3n) is 4.15. The molecule has 0 saturated carbocycles. The van der Waals surface area contributed by atoms with Crippen LogP contribution in [0.1, 0.15) is 22.2 Å². The second kappa shape index (κ2) is 8.53. The Hall–Kier alpha value is -3.39. The molecule has 2 N–H and O–H groups in total. The molecule has 1 atom stereocenters. The van der Waals surface area contributed by atoms with Gasteiger partial charge in [0, 0.05) is 18.3 Å². The van der Waals surface area contributed by atoms with Gasteiger partial charge in [0.2, 0.25) is 0 Å². The number of aliphatic hydroxyl groups is 1. The summed E-state index contributed by atoms with van der Waals surface area (Å²) in [5.74, 6) is 0.193. The van der Waals surface area contributed by atoms with Crippen molar-refractivity contribution in [2.75, 3.05) is 20.8 Å². The van der Waals surface area contributed by atoms with Crippen LogP contribution in [-0.2, 0) is 0 Å². The molecule has 2 aromatic carbocycles. The summed E-state index contributed by atoms with van der Waals surface area (Å²) in [6.45, 7) is -0.0464. The average Bonchev–Trinajstić information content (AvgIpc) is 3.21. The van der Waals surface area contributed by atoms with Gasteiger partial charge in [0.05, 0.1) is 19.9 Å². The van der Waals surface area contributed by atoms with E-state index in [2.05, 4.69) is 10.4 Å². The first-order valence-corrected chi connectivity index (χ1v) is 8.51. The summed E-state index contributed by atoms with van der Waals surface area (Å²) in [6, 6.07) is 12.4. The second-order valence-electron chi connectivity index (χ2n) is 5.96. The molecule has 0 spiro atoms. The first-order valence-electron chi connectivity index (χ1n) is 8.51. The number of hydrogen-bond donors (Lipinski definition) is 2. The second-order valence-corrected chi connectivity index (χ2v) is 5.96. The highest BCUT2D eigenvalue weighted by molar-refractivity contribution is 5.92. The van der Waals surface area contributed by atoms with E-state index in [9.17, 15) is 14.3 Å². The molecule has 28 heavy (non-hydrogen) atoms. The molecule has 0 aliphatic carbocycles. The van der Waals surface area contributed by atoms with E-state index in [0.717, 1.165) is 0 Å². The zero-order valence-electron chi connectivity index (χ0n) is 15.4. The molecule has 3 rings (SSSR count). The van der Waals surface area contributed by atoms with E-state index in [1.807, 2.05) is 0 Å². The maximum atomic E-state index is 13.3. The van der Waals surface area contributed by atoms with E-state index in [4.69, 9.17) is 9.47 Å². The van der Waals surface area contributed by atoms with E-state index in [-0.39, 0.29) is 12.2 Å². The van der Waals surface area contributed by atoms with Crippen molar-refractivity contribution in [3.05, 3.63) is 71.8 Å².